The van der Waals surface area contributed by atoms with E-state index in [1.807, 2.05) is 6.92 Å². The average molecular weight is 461 g/mol. The van der Waals surface area contributed by atoms with Crippen molar-refractivity contribution < 1.29 is 27.5 Å². The van der Waals surface area contributed by atoms with Crippen molar-refractivity contribution in [1.82, 2.24) is 10.2 Å². The van der Waals surface area contributed by atoms with Crippen molar-refractivity contribution >= 4 is 11.9 Å². The van der Waals surface area contributed by atoms with Crippen molar-refractivity contribution in [2.45, 2.75) is 96.3 Å². The van der Waals surface area contributed by atoms with Crippen molar-refractivity contribution in [2.24, 2.45) is 23.7 Å². The highest BCUT2D eigenvalue weighted by atomic mass is 19.4. The summed E-state index contributed by atoms with van der Waals surface area (Å²) in [6, 6.07) is 0.862. The van der Waals surface area contributed by atoms with Gasteiger partial charge in [-0.05, 0) is 81.6 Å². The van der Waals surface area contributed by atoms with Gasteiger partial charge in [0.25, 0.3) is 0 Å². The summed E-state index contributed by atoms with van der Waals surface area (Å²) in [7, 11) is 0. The van der Waals surface area contributed by atoms with Crippen molar-refractivity contribution in [3.8, 4) is 0 Å². The minimum atomic E-state index is -4.61. The molecule has 0 radical (unpaired) electrons. The summed E-state index contributed by atoms with van der Waals surface area (Å²) >= 11 is 0. The summed E-state index contributed by atoms with van der Waals surface area (Å²) in [6.45, 7) is 4.29. The number of carbonyl (C=O) groups excluding carboxylic acids is 2. The van der Waals surface area contributed by atoms with E-state index in [4.69, 9.17) is 0 Å². The molecule has 4 unspecified atom stereocenters. The van der Waals surface area contributed by atoms with Gasteiger partial charge in [0, 0.05) is 18.6 Å². The first-order valence-electron chi connectivity index (χ1n) is 12.4. The molecule has 2 aliphatic heterocycles. The van der Waals surface area contributed by atoms with Gasteiger partial charge in [-0.3, -0.25) is 4.79 Å². The predicted octanol–water partition coefficient (Wildman–Crippen LogP) is 4.69. The molecule has 32 heavy (non-hydrogen) atoms. The number of amides is 1. The van der Waals surface area contributed by atoms with Crippen molar-refractivity contribution in [3.05, 3.63) is 0 Å². The molecule has 2 aliphatic carbocycles. The van der Waals surface area contributed by atoms with Crippen molar-refractivity contribution in [2.75, 3.05) is 19.7 Å². The van der Waals surface area contributed by atoms with Gasteiger partial charge in [0.15, 0.2) is 6.61 Å². The second-order valence-electron chi connectivity index (χ2n) is 10.5. The number of alkyl halides is 3. The van der Waals surface area contributed by atoms with Crippen LogP contribution in [0.1, 0.15) is 78.1 Å². The van der Waals surface area contributed by atoms with Gasteiger partial charge in [0.05, 0.1) is 0 Å². The molecular formula is C24H39F3N2O3. The Hall–Kier alpha value is -1.31. The highest BCUT2D eigenvalue weighted by Crippen LogP contribution is 2.38. The van der Waals surface area contributed by atoms with E-state index >= 15 is 0 Å². The first-order chi connectivity index (χ1) is 15.1. The first-order valence-corrected chi connectivity index (χ1v) is 12.4. The van der Waals surface area contributed by atoms with Gasteiger partial charge in [-0.2, -0.15) is 13.2 Å². The number of carbonyl (C=O) groups is 2. The molecule has 0 aromatic carbocycles. The van der Waals surface area contributed by atoms with E-state index in [-0.39, 0.29) is 12.0 Å². The lowest BCUT2D eigenvalue weighted by atomic mass is 9.75. The number of hydrogen-bond acceptors (Lipinski definition) is 4. The zero-order valence-electron chi connectivity index (χ0n) is 19.5. The van der Waals surface area contributed by atoms with Gasteiger partial charge in [-0.15, -0.1) is 0 Å². The van der Waals surface area contributed by atoms with E-state index in [1.54, 1.807) is 0 Å². The molecular weight excluding hydrogens is 421 g/mol. The smallest absolute Gasteiger partial charge is 0.422 e. The molecule has 184 valence electrons. The summed E-state index contributed by atoms with van der Waals surface area (Å²) in [5, 5.41) is 3.67. The molecule has 4 aliphatic rings. The van der Waals surface area contributed by atoms with E-state index in [9.17, 15) is 22.8 Å². The van der Waals surface area contributed by atoms with Gasteiger partial charge < -0.3 is 15.0 Å². The number of nitrogens with zero attached hydrogens (tertiary/aromatic N) is 1. The van der Waals surface area contributed by atoms with E-state index in [2.05, 4.69) is 17.0 Å². The summed E-state index contributed by atoms with van der Waals surface area (Å²) in [5.41, 5.74) is 0. The zero-order valence-corrected chi connectivity index (χ0v) is 19.5. The largest absolute Gasteiger partial charge is 0.449 e. The lowest BCUT2D eigenvalue weighted by Crippen LogP contribution is -2.53. The highest BCUT2D eigenvalue weighted by Gasteiger charge is 2.41. The van der Waals surface area contributed by atoms with Crippen molar-refractivity contribution in [1.29, 1.82) is 0 Å². The second kappa shape index (κ2) is 11.2. The van der Waals surface area contributed by atoms with Crippen LogP contribution in [0.25, 0.3) is 0 Å². The number of likely N-dealkylation sites (tertiary alicyclic amines) is 1. The number of halogens is 3. The third-order valence-corrected chi connectivity index (χ3v) is 7.78. The monoisotopic (exact) mass is 460 g/mol. The van der Waals surface area contributed by atoms with Crippen LogP contribution in [0.15, 0.2) is 0 Å². The van der Waals surface area contributed by atoms with E-state index < -0.39 is 24.7 Å². The fraction of sp³-hybridized carbons (Fsp3) is 0.917. The maximum atomic E-state index is 12.1. The van der Waals surface area contributed by atoms with E-state index in [1.165, 1.54) is 43.5 Å². The van der Waals surface area contributed by atoms with Gasteiger partial charge >= 0.3 is 18.1 Å². The van der Waals surface area contributed by atoms with E-state index in [0.717, 1.165) is 50.0 Å². The summed E-state index contributed by atoms with van der Waals surface area (Å²) in [6.07, 6.45) is 7.67. The number of rotatable bonds is 3. The Balaban J connectivity index is 0.000000219. The molecule has 2 heterocycles. The van der Waals surface area contributed by atoms with Crippen LogP contribution in [-0.2, 0) is 14.3 Å². The fourth-order valence-electron chi connectivity index (χ4n) is 5.31. The van der Waals surface area contributed by atoms with Gasteiger partial charge in [0.1, 0.15) is 0 Å². The van der Waals surface area contributed by atoms with Crippen LogP contribution < -0.4 is 5.32 Å². The molecule has 1 N–H and O–H groups in total. The number of hydrogen-bond donors (Lipinski definition) is 1. The Bertz CT molecular complexity index is 626. The van der Waals surface area contributed by atoms with Gasteiger partial charge in [-0.1, -0.05) is 26.7 Å². The third-order valence-electron chi connectivity index (χ3n) is 7.78. The molecule has 2 saturated heterocycles. The summed E-state index contributed by atoms with van der Waals surface area (Å²) in [5.74, 6) is 0.264. The van der Waals surface area contributed by atoms with Crippen LogP contribution in [0, 0.1) is 23.7 Å². The Kier molecular flexibility index (Phi) is 8.87. The normalized spacial score (nSPS) is 31.6. The fourth-order valence-corrected chi connectivity index (χ4v) is 5.31. The molecule has 8 heteroatoms. The summed E-state index contributed by atoms with van der Waals surface area (Å²) in [4.78, 5) is 25.1. The van der Waals surface area contributed by atoms with Crippen molar-refractivity contribution in [3.63, 3.8) is 0 Å². The molecule has 0 aromatic rings. The first kappa shape index (κ1) is 25.3. The molecule has 0 spiro atoms. The minimum absolute atomic E-state index is 0.0270. The topological polar surface area (TPSA) is 58.6 Å². The molecule has 0 bridgehead atoms. The van der Waals surface area contributed by atoms with Crippen LogP contribution >= 0.6 is 0 Å². The number of esters is 1. The second-order valence-corrected chi connectivity index (χ2v) is 10.5. The highest BCUT2D eigenvalue weighted by molar-refractivity contribution is 6.32. The Labute approximate surface area is 189 Å². The van der Waals surface area contributed by atoms with Crippen LogP contribution in [-0.4, -0.2) is 54.7 Å². The predicted molar refractivity (Wildman–Crippen MR) is 116 cm³/mol. The minimum Gasteiger partial charge on any atom is -0.449 e. The lowest BCUT2D eigenvalue weighted by molar-refractivity contribution is -0.190. The van der Waals surface area contributed by atoms with Crippen LogP contribution in [0.5, 0.6) is 0 Å². The molecule has 1 amide bonds. The molecule has 4 fully saturated rings. The Morgan fingerprint density at radius 2 is 1.53 bits per heavy atom. The Morgan fingerprint density at radius 3 is 2.03 bits per heavy atom. The van der Waals surface area contributed by atoms with Crippen LogP contribution in [0.2, 0.25) is 0 Å². The maximum absolute atomic E-state index is 12.1. The van der Waals surface area contributed by atoms with Gasteiger partial charge in [0.2, 0.25) is 0 Å². The number of ether oxygens (including phenoxy) is 1. The maximum Gasteiger partial charge on any atom is 0.422 e. The zero-order chi connectivity index (χ0) is 23.3. The average Bonchev–Trinajstić information content (AvgIpc) is 2.66. The SMILES string of the molecule is CC1CCC(C2CCC2)N(C(=O)C(=O)OCC(F)(F)F)C1.CC1CCC(C2CCC2)NC1. The van der Waals surface area contributed by atoms with Crippen LogP contribution in [0.3, 0.4) is 0 Å². The molecule has 4 rings (SSSR count). The lowest BCUT2D eigenvalue weighted by Gasteiger charge is -2.45. The third kappa shape index (κ3) is 7.09. The number of piperidine rings is 2. The summed E-state index contributed by atoms with van der Waals surface area (Å²) < 4.78 is 40.2. The quantitative estimate of drug-likeness (QED) is 0.490. The molecule has 0 aromatic heterocycles. The Morgan fingerprint density at radius 1 is 0.906 bits per heavy atom. The van der Waals surface area contributed by atoms with E-state index in [0.29, 0.717) is 12.5 Å². The number of nitrogens with one attached hydrogen (secondary N) is 1. The molecule has 4 atom stereocenters. The standard InChI is InChI=1S/C14H20F3NO3.C10H19N/c1-9-5-6-11(10-3-2-4-10)18(7-9)12(19)13(20)21-8-14(15,16)17;1-8-5-6-10(11-7-8)9-3-2-4-9/h9-11H,2-8H2,1H3;8-11H,2-7H2,1H3. The van der Waals surface area contributed by atoms with Crippen LogP contribution in [0.4, 0.5) is 13.2 Å². The van der Waals surface area contributed by atoms with Gasteiger partial charge in [-0.25, -0.2) is 4.79 Å². The molecule has 2 saturated carbocycles. The molecule has 5 nitrogen and oxygen atoms in total.